The van der Waals surface area contributed by atoms with Crippen molar-refractivity contribution < 1.29 is 13.2 Å². The van der Waals surface area contributed by atoms with Crippen LogP contribution < -0.4 is 4.72 Å². The molecule has 0 fully saturated rings. The number of para-hydroxylation sites is 1. The Morgan fingerprint density at radius 1 is 1.06 bits per heavy atom. The highest BCUT2D eigenvalue weighted by atomic mass is 35.5. The lowest BCUT2D eigenvalue weighted by molar-refractivity contribution is -0.126. The fourth-order valence-corrected chi connectivity index (χ4v) is 4.39. The van der Waals surface area contributed by atoms with Crippen molar-refractivity contribution in [3.05, 3.63) is 113 Å². The first-order chi connectivity index (χ1) is 16.3. The van der Waals surface area contributed by atoms with E-state index in [0.29, 0.717) is 34.9 Å². The fourth-order valence-electron chi connectivity index (χ4n) is 3.07. The van der Waals surface area contributed by atoms with E-state index in [9.17, 15) is 13.2 Å². The van der Waals surface area contributed by atoms with Crippen LogP contribution in [0.5, 0.6) is 0 Å². The number of nitrogens with zero attached hydrogens (tertiary/aromatic N) is 2. The minimum atomic E-state index is -3.81. The molecule has 1 N–H and O–H groups in total. The number of halogens is 1. The van der Waals surface area contributed by atoms with Crippen molar-refractivity contribution in [1.82, 2.24) is 4.90 Å². The molecule has 8 heteroatoms. The molecule has 3 aromatic carbocycles. The Morgan fingerprint density at radius 2 is 1.74 bits per heavy atom. The zero-order chi connectivity index (χ0) is 24.6. The minimum absolute atomic E-state index is 0.0741. The van der Waals surface area contributed by atoms with Crippen molar-refractivity contribution in [1.29, 1.82) is 5.26 Å². The number of hydrogen-bond acceptors (Lipinski definition) is 4. The van der Waals surface area contributed by atoms with Gasteiger partial charge in [-0.15, -0.1) is 6.58 Å². The summed E-state index contributed by atoms with van der Waals surface area (Å²) in [6.45, 7) is 4.43. The summed E-state index contributed by atoms with van der Waals surface area (Å²) in [5.74, 6) is -0.221. The van der Waals surface area contributed by atoms with Gasteiger partial charge >= 0.3 is 0 Å². The Kier molecular flexibility index (Phi) is 8.25. The molecule has 3 aromatic rings. The van der Waals surface area contributed by atoms with Crippen LogP contribution in [0.15, 0.2) is 96.4 Å². The van der Waals surface area contributed by atoms with Crippen molar-refractivity contribution in [2.75, 3.05) is 11.3 Å². The van der Waals surface area contributed by atoms with Gasteiger partial charge in [-0.25, -0.2) is 8.42 Å². The van der Waals surface area contributed by atoms with Crippen LogP contribution in [0.2, 0.25) is 5.02 Å². The molecule has 1 amide bonds. The zero-order valence-electron chi connectivity index (χ0n) is 18.2. The maximum atomic E-state index is 12.7. The number of sulfonamides is 1. The van der Waals surface area contributed by atoms with E-state index in [1.54, 1.807) is 65.6 Å². The summed E-state index contributed by atoms with van der Waals surface area (Å²) in [6, 6.07) is 21.8. The molecule has 3 rings (SSSR count). The molecule has 0 spiro atoms. The maximum Gasteiger partial charge on any atom is 0.261 e. The standard InChI is InChI=1S/C26H22ClN3O3S/c1-2-17-30(19-22-9-7-21(18-28)8-10-22)26(31)16-13-20-11-14-23(15-12-20)34(32,33)29-25-6-4-3-5-24(25)27/h2-16,29H,1,17,19H2/b16-13+. The van der Waals surface area contributed by atoms with Crippen LogP contribution in [0.1, 0.15) is 16.7 Å². The number of anilines is 1. The molecule has 34 heavy (non-hydrogen) atoms. The molecule has 0 radical (unpaired) electrons. The Bertz CT molecular complexity index is 1340. The van der Waals surface area contributed by atoms with Crippen LogP contribution in [0.4, 0.5) is 5.69 Å². The van der Waals surface area contributed by atoms with Crippen LogP contribution in [0.3, 0.4) is 0 Å². The van der Waals surface area contributed by atoms with Crippen LogP contribution >= 0.6 is 11.6 Å². The topological polar surface area (TPSA) is 90.3 Å². The average Bonchev–Trinajstić information content (AvgIpc) is 2.84. The summed E-state index contributed by atoms with van der Waals surface area (Å²) >= 11 is 6.04. The Hall–Kier alpha value is -3.86. The minimum Gasteiger partial charge on any atom is -0.331 e. The normalized spacial score (nSPS) is 11.1. The van der Waals surface area contributed by atoms with Crippen molar-refractivity contribution >= 4 is 39.3 Å². The van der Waals surface area contributed by atoms with Crippen LogP contribution in [0, 0.1) is 11.3 Å². The quantitative estimate of drug-likeness (QED) is 0.327. The molecule has 0 saturated heterocycles. The highest BCUT2D eigenvalue weighted by molar-refractivity contribution is 7.92. The van der Waals surface area contributed by atoms with Crippen molar-refractivity contribution in [2.45, 2.75) is 11.4 Å². The molecule has 0 aliphatic rings. The smallest absolute Gasteiger partial charge is 0.261 e. The third kappa shape index (κ3) is 6.58. The highest BCUT2D eigenvalue weighted by Crippen LogP contribution is 2.24. The van der Waals surface area contributed by atoms with Gasteiger partial charge in [0.05, 0.1) is 27.2 Å². The molecule has 0 aliphatic heterocycles. The fraction of sp³-hybridized carbons (Fsp3) is 0.0769. The summed E-state index contributed by atoms with van der Waals surface area (Å²) in [6.07, 6.45) is 4.69. The second-order valence-corrected chi connectivity index (χ2v) is 9.39. The van der Waals surface area contributed by atoms with E-state index in [1.165, 1.54) is 18.2 Å². The third-order valence-electron chi connectivity index (χ3n) is 4.84. The molecule has 0 aliphatic carbocycles. The molecule has 0 heterocycles. The summed E-state index contributed by atoms with van der Waals surface area (Å²) in [7, 11) is -3.81. The van der Waals surface area contributed by atoms with E-state index in [4.69, 9.17) is 16.9 Å². The molecule has 6 nitrogen and oxygen atoms in total. The highest BCUT2D eigenvalue weighted by Gasteiger charge is 2.15. The first kappa shape index (κ1) is 24.8. The first-order valence-electron chi connectivity index (χ1n) is 10.3. The number of hydrogen-bond donors (Lipinski definition) is 1. The van der Waals surface area contributed by atoms with Crippen LogP contribution in [-0.4, -0.2) is 25.8 Å². The molecular weight excluding hydrogens is 470 g/mol. The van der Waals surface area contributed by atoms with Gasteiger partial charge in [0.25, 0.3) is 10.0 Å². The number of carbonyl (C=O) groups excluding carboxylic acids is 1. The Morgan fingerprint density at radius 3 is 2.35 bits per heavy atom. The van der Waals surface area contributed by atoms with Gasteiger partial charge in [-0.05, 0) is 53.6 Å². The van der Waals surface area contributed by atoms with Crippen LogP contribution in [0.25, 0.3) is 6.08 Å². The molecular formula is C26H22ClN3O3S. The van der Waals surface area contributed by atoms with Crippen molar-refractivity contribution in [3.8, 4) is 6.07 Å². The van der Waals surface area contributed by atoms with E-state index >= 15 is 0 Å². The summed E-state index contributed by atoms with van der Waals surface area (Å²) in [4.78, 5) is 14.4. The zero-order valence-corrected chi connectivity index (χ0v) is 19.8. The van der Waals surface area contributed by atoms with Gasteiger partial charge in [0.15, 0.2) is 0 Å². The summed E-state index contributed by atoms with van der Waals surface area (Å²) < 4.78 is 27.7. The van der Waals surface area contributed by atoms with E-state index in [1.807, 2.05) is 12.1 Å². The van der Waals surface area contributed by atoms with E-state index in [2.05, 4.69) is 17.4 Å². The second kappa shape index (κ2) is 11.3. The van der Waals surface area contributed by atoms with Gasteiger partial charge in [-0.3, -0.25) is 9.52 Å². The lowest BCUT2D eigenvalue weighted by Crippen LogP contribution is -2.29. The van der Waals surface area contributed by atoms with Crippen molar-refractivity contribution in [3.63, 3.8) is 0 Å². The number of nitriles is 1. The number of nitrogens with one attached hydrogen (secondary N) is 1. The number of rotatable bonds is 9. The second-order valence-electron chi connectivity index (χ2n) is 7.30. The van der Waals surface area contributed by atoms with Crippen molar-refractivity contribution in [2.24, 2.45) is 0 Å². The predicted molar refractivity (Wildman–Crippen MR) is 135 cm³/mol. The molecule has 0 unspecified atom stereocenters. The lowest BCUT2D eigenvalue weighted by Gasteiger charge is -2.19. The predicted octanol–water partition coefficient (Wildman–Crippen LogP) is 5.24. The summed E-state index contributed by atoms with van der Waals surface area (Å²) in [5.41, 5.74) is 2.41. The van der Waals surface area contributed by atoms with E-state index in [0.717, 1.165) is 5.56 Å². The van der Waals surface area contributed by atoms with Gasteiger partial charge in [0.1, 0.15) is 0 Å². The number of benzene rings is 3. The molecule has 0 bridgehead atoms. The third-order valence-corrected chi connectivity index (χ3v) is 6.56. The van der Waals surface area contributed by atoms with E-state index in [-0.39, 0.29) is 10.8 Å². The monoisotopic (exact) mass is 491 g/mol. The van der Waals surface area contributed by atoms with Gasteiger partial charge in [-0.1, -0.05) is 54.1 Å². The Labute approximate surface area is 204 Å². The van der Waals surface area contributed by atoms with Gasteiger partial charge < -0.3 is 4.90 Å². The lowest BCUT2D eigenvalue weighted by atomic mass is 10.1. The molecule has 0 atom stereocenters. The Balaban J connectivity index is 1.68. The van der Waals surface area contributed by atoms with Gasteiger partial charge in [-0.2, -0.15) is 5.26 Å². The molecule has 172 valence electrons. The summed E-state index contributed by atoms with van der Waals surface area (Å²) in [5, 5.41) is 9.22. The number of amides is 1. The van der Waals surface area contributed by atoms with E-state index < -0.39 is 10.0 Å². The van der Waals surface area contributed by atoms with Gasteiger partial charge in [0.2, 0.25) is 5.91 Å². The van der Waals surface area contributed by atoms with Gasteiger partial charge in [0, 0.05) is 19.2 Å². The average molecular weight is 492 g/mol. The first-order valence-corrected chi connectivity index (χ1v) is 12.1. The largest absolute Gasteiger partial charge is 0.331 e. The van der Waals surface area contributed by atoms with Crippen LogP contribution in [-0.2, 0) is 21.4 Å². The molecule has 0 saturated carbocycles. The SMILES string of the molecule is C=CCN(Cc1ccc(C#N)cc1)C(=O)/C=C/c1ccc(S(=O)(=O)Nc2ccccc2Cl)cc1. The number of carbonyl (C=O) groups is 1. The maximum absolute atomic E-state index is 12.7. The molecule has 0 aromatic heterocycles.